The Hall–Kier alpha value is -0.680. The van der Waals surface area contributed by atoms with Gasteiger partial charge in [-0.05, 0) is 0 Å². The molecule has 1 atom stereocenters. The smallest absolute Gasteiger partial charge is 0.257 e. The Kier molecular flexibility index (Phi) is 3.17. The van der Waals surface area contributed by atoms with Gasteiger partial charge in [0.2, 0.25) is 0 Å². The molecule has 1 nitrogen and oxygen atoms in total. The van der Waals surface area contributed by atoms with E-state index in [1.54, 1.807) is 0 Å². The van der Waals surface area contributed by atoms with Crippen LogP contribution in [0.1, 0.15) is 19.8 Å². The minimum Gasteiger partial charge on any atom is -0.257 e. The van der Waals surface area contributed by atoms with E-state index in [9.17, 15) is 26.7 Å². The second-order valence-corrected chi connectivity index (χ2v) is 2.32. The van der Waals surface area contributed by atoms with E-state index < -0.39 is 24.3 Å². The van der Waals surface area contributed by atoms with E-state index in [1.807, 2.05) is 0 Å². The number of carbonyl (C=O) groups is 1. The highest BCUT2D eigenvalue weighted by Gasteiger charge is 2.61. The number of alkyl halides is 4. The van der Waals surface area contributed by atoms with Gasteiger partial charge in [0.25, 0.3) is 5.67 Å². The molecule has 12 heavy (non-hydrogen) atoms. The molecule has 1 unspecified atom stereocenters. The van der Waals surface area contributed by atoms with Crippen LogP contribution in [-0.4, -0.2) is 17.9 Å². The van der Waals surface area contributed by atoms with Crippen molar-refractivity contribution < 1.29 is 26.7 Å². The lowest BCUT2D eigenvalue weighted by molar-refractivity contribution is -0.233. The molecular weight excluding hydrogens is 183 g/mol. The Morgan fingerprint density at radius 3 is 1.75 bits per heavy atom. The van der Waals surface area contributed by atoms with Gasteiger partial charge in [0.05, 0.1) is 0 Å². The van der Waals surface area contributed by atoms with Crippen molar-refractivity contribution in [2.45, 2.75) is 31.6 Å². The first kappa shape index (κ1) is 11.3. The van der Waals surface area contributed by atoms with Gasteiger partial charge in [0.1, 0.15) is 0 Å². The van der Waals surface area contributed by atoms with Crippen LogP contribution in [0, 0.1) is 0 Å². The minimum atomic E-state index is -5.46. The second kappa shape index (κ2) is 3.37. The first-order valence-corrected chi connectivity index (χ1v) is 3.21. The van der Waals surface area contributed by atoms with E-state index in [0.717, 1.165) is 0 Å². The molecule has 0 heterocycles. The number of carbonyl (C=O) groups excluding carboxylic acids is 1. The van der Waals surface area contributed by atoms with E-state index in [1.165, 1.54) is 6.92 Å². The fourth-order valence-electron chi connectivity index (χ4n) is 0.696. The summed E-state index contributed by atoms with van der Waals surface area (Å²) in [6, 6.07) is -2.98. The van der Waals surface area contributed by atoms with E-state index in [-0.39, 0.29) is 6.42 Å². The molecule has 72 valence electrons. The summed E-state index contributed by atoms with van der Waals surface area (Å²) in [6.07, 6.45) is -6.90. The summed E-state index contributed by atoms with van der Waals surface area (Å²) in [7, 11) is 0. The zero-order valence-electron chi connectivity index (χ0n) is 6.21. The van der Waals surface area contributed by atoms with Gasteiger partial charge in [-0.1, -0.05) is 13.3 Å². The normalized spacial score (nSPS) is 17.2. The standard InChI is InChI=1S/C6H7F5O/c1-2-3-5(8,4(7)12)6(9,10)11/h2-3H2,1H3. The van der Waals surface area contributed by atoms with Crippen LogP contribution in [0.4, 0.5) is 22.0 Å². The van der Waals surface area contributed by atoms with Crippen LogP contribution in [0.3, 0.4) is 0 Å². The Balaban J connectivity index is 4.75. The van der Waals surface area contributed by atoms with Crippen LogP contribution in [0.15, 0.2) is 0 Å². The van der Waals surface area contributed by atoms with Gasteiger partial charge >= 0.3 is 12.2 Å². The van der Waals surface area contributed by atoms with E-state index in [0.29, 0.717) is 0 Å². The van der Waals surface area contributed by atoms with Crippen molar-refractivity contribution in [1.29, 1.82) is 0 Å². The fourth-order valence-corrected chi connectivity index (χ4v) is 0.696. The predicted molar refractivity (Wildman–Crippen MR) is 30.9 cm³/mol. The Labute approximate surface area is 65.6 Å². The van der Waals surface area contributed by atoms with E-state index in [4.69, 9.17) is 0 Å². The van der Waals surface area contributed by atoms with Gasteiger partial charge in [0.15, 0.2) is 0 Å². The molecule has 0 fully saturated rings. The van der Waals surface area contributed by atoms with E-state index >= 15 is 0 Å². The lowest BCUT2D eigenvalue weighted by Crippen LogP contribution is -2.46. The monoisotopic (exact) mass is 190 g/mol. The van der Waals surface area contributed by atoms with Gasteiger partial charge in [0, 0.05) is 6.42 Å². The minimum absolute atomic E-state index is 0.258. The van der Waals surface area contributed by atoms with Gasteiger partial charge in [-0.25, -0.2) is 4.39 Å². The summed E-state index contributed by atoms with van der Waals surface area (Å²) in [5, 5.41) is 0. The van der Waals surface area contributed by atoms with Crippen LogP contribution in [-0.2, 0) is 4.79 Å². The topological polar surface area (TPSA) is 17.1 Å². The summed E-state index contributed by atoms with van der Waals surface area (Å²) < 4.78 is 59.4. The first-order valence-electron chi connectivity index (χ1n) is 3.21. The average molecular weight is 190 g/mol. The van der Waals surface area contributed by atoms with Gasteiger partial charge in [-0.3, -0.25) is 4.79 Å². The summed E-state index contributed by atoms with van der Waals surface area (Å²) in [6.45, 7) is 1.23. The van der Waals surface area contributed by atoms with Gasteiger partial charge < -0.3 is 0 Å². The third-order valence-corrected chi connectivity index (χ3v) is 1.36. The molecule has 0 saturated carbocycles. The van der Waals surface area contributed by atoms with Crippen molar-refractivity contribution in [2.75, 3.05) is 0 Å². The van der Waals surface area contributed by atoms with Gasteiger partial charge in [-0.2, -0.15) is 17.6 Å². The largest absolute Gasteiger partial charge is 0.432 e. The maximum absolute atomic E-state index is 12.6. The SMILES string of the molecule is CCCC(F)(C(=O)F)C(F)(F)F. The summed E-state index contributed by atoms with van der Waals surface area (Å²) in [4.78, 5) is 9.74. The quantitative estimate of drug-likeness (QED) is 0.493. The van der Waals surface area contributed by atoms with Gasteiger partial charge in [-0.15, -0.1) is 0 Å². The van der Waals surface area contributed by atoms with Crippen LogP contribution in [0.5, 0.6) is 0 Å². The molecule has 0 bridgehead atoms. The third-order valence-electron chi connectivity index (χ3n) is 1.36. The molecule has 0 radical (unpaired) electrons. The van der Waals surface area contributed by atoms with E-state index in [2.05, 4.69) is 0 Å². The fraction of sp³-hybridized carbons (Fsp3) is 0.833. The summed E-state index contributed by atoms with van der Waals surface area (Å²) in [5.74, 6) is 0. The van der Waals surface area contributed by atoms with Crippen molar-refractivity contribution >= 4 is 6.04 Å². The van der Waals surface area contributed by atoms with Crippen molar-refractivity contribution in [3.05, 3.63) is 0 Å². The van der Waals surface area contributed by atoms with Crippen molar-refractivity contribution in [1.82, 2.24) is 0 Å². The first-order chi connectivity index (χ1) is 5.25. The molecule has 0 saturated heterocycles. The second-order valence-electron chi connectivity index (χ2n) is 2.32. The van der Waals surface area contributed by atoms with Crippen molar-refractivity contribution in [3.8, 4) is 0 Å². The number of hydrogen-bond acceptors (Lipinski definition) is 1. The van der Waals surface area contributed by atoms with Crippen LogP contribution in [0.25, 0.3) is 0 Å². The molecule has 0 aliphatic carbocycles. The highest BCUT2D eigenvalue weighted by atomic mass is 19.4. The zero-order valence-corrected chi connectivity index (χ0v) is 6.21. The summed E-state index contributed by atoms with van der Waals surface area (Å²) >= 11 is 0. The molecule has 0 spiro atoms. The number of rotatable bonds is 3. The lowest BCUT2D eigenvalue weighted by atomic mass is 10.0. The highest BCUT2D eigenvalue weighted by Crippen LogP contribution is 2.38. The molecule has 0 aromatic rings. The summed E-state index contributed by atoms with van der Waals surface area (Å²) in [5.41, 5.74) is -4.32. The molecule has 0 aliphatic heterocycles. The highest BCUT2D eigenvalue weighted by molar-refractivity contribution is 5.79. The lowest BCUT2D eigenvalue weighted by Gasteiger charge is -2.21. The molecule has 0 amide bonds. The number of halogens is 5. The van der Waals surface area contributed by atoms with Crippen LogP contribution in [0.2, 0.25) is 0 Å². The molecule has 0 rings (SSSR count). The molecule has 0 N–H and O–H groups in total. The maximum atomic E-state index is 12.6. The maximum Gasteiger partial charge on any atom is 0.432 e. The molecule has 6 heteroatoms. The Bertz CT molecular complexity index is 175. The van der Waals surface area contributed by atoms with Crippen LogP contribution >= 0.6 is 0 Å². The number of hydrogen-bond donors (Lipinski definition) is 0. The predicted octanol–water partition coefficient (Wildman–Crippen LogP) is 2.55. The molecule has 0 aromatic carbocycles. The Morgan fingerprint density at radius 2 is 1.67 bits per heavy atom. The third kappa shape index (κ3) is 1.92. The average Bonchev–Trinajstić information content (AvgIpc) is 1.85. The molecule has 0 aromatic heterocycles. The Morgan fingerprint density at radius 1 is 1.25 bits per heavy atom. The van der Waals surface area contributed by atoms with Crippen molar-refractivity contribution in [3.63, 3.8) is 0 Å². The zero-order chi connectivity index (χ0) is 9.99. The molecular formula is C6H7F5O. The van der Waals surface area contributed by atoms with Crippen LogP contribution < -0.4 is 0 Å². The van der Waals surface area contributed by atoms with Crippen molar-refractivity contribution in [2.24, 2.45) is 0 Å². The molecule has 0 aliphatic rings.